The van der Waals surface area contributed by atoms with Crippen LogP contribution in [0.3, 0.4) is 0 Å². The van der Waals surface area contributed by atoms with Crippen molar-refractivity contribution < 1.29 is 13.5 Å². The molecule has 1 aromatic carbocycles. The first-order valence-electron chi connectivity index (χ1n) is 5.72. The zero-order chi connectivity index (χ0) is 14.2. The fraction of sp³-hybridized carbons (Fsp3) is 0.455. The molecule has 0 aromatic heterocycles. The second kappa shape index (κ2) is 5.46. The van der Waals surface area contributed by atoms with Crippen LogP contribution in [0.25, 0.3) is 0 Å². The number of nitrogens with one attached hydrogen (secondary N) is 1. The van der Waals surface area contributed by atoms with Crippen molar-refractivity contribution in [1.82, 2.24) is 4.72 Å². The number of nitrogens with two attached hydrogens (primary N) is 1. The number of rotatable bonds is 4. The molecule has 0 spiro atoms. The van der Waals surface area contributed by atoms with Crippen LogP contribution in [-0.2, 0) is 10.0 Å². The van der Waals surface area contributed by atoms with Gasteiger partial charge in [-0.3, -0.25) is 0 Å². The molecule has 0 heterocycles. The third-order valence-electron chi connectivity index (χ3n) is 3.15. The fourth-order valence-corrected chi connectivity index (χ4v) is 3.81. The van der Waals surface area contributed by atoms with E-state index in [0.717, 1.165) is 0 Å². The van der Waals surface area contributed by atoms with E-state index in [1.165, 1.54) is 12.1 Å². The predicted molar refractivity (Wildman–Crippen MR) is 74.8 cm³/mol. The lowest BCUT2D eigenvalue weighted by Crippen LogP contribution is -2.38. The zero-order valence-electron chi connectivity index (χ0n) is 9.94. The Morgan fingerprint density at radius 1 is 1.37 bits per heavy atom. The Kier molecular flexibility index (Phi) is 4.27. The zero-order valence-corrected chi connectivity index (χ0v) is 12.3. The van der Waals surface area contributed by atoms with Gasteiger partial charge < -0.3 is 10.8 Å². The summed E-state index contributed by atoms with van der Waals surface area (Å²) in [5.41, 5.74) is 5.65. The van der Waals surface area contributed by atoms with E-state index in [9.17, 15) is 8.42 Å². The number of hydrogen-bond donors (Lipinski definition) is 3. The van der Waals surface area contributed by atoms with Gasteiger partial charge in [-0.25, -0.2) is 13.1 Å². The minimum Gasteiger partial charge on any atom is -0.396 e. The SMILES string of the molecule is Nc1c(Cl)ccc(S(=O)(=O)NCC2CC(O)C2)c1Cl. The van der Waals surface area contributed by atoms with Gasteiger partial charge in [0, 0.05) is 6.54 Å². The van der Waals surface area contributed by atoms with Gasteiger partial charge in [-0.1, -0.05) is 23.2 Å². The number of halogens is 2. The molecular formula is C11H14Cl2N2O3S. The highest BCUT2D eigenvalue weighted by Crippen LogP contribution is 2.33. The van der Waals surface area contributed by atoms with Crippen molar-refractivity contribution in [2.75, 3.05) is 12.3 Å². The Morgan fingerprint density at radius 3 is 2.58 bits per heavy atom. The topological polar surface area (TPSA) is 92.4 Å². The molecule has 106 valence electrons. The van der Waals surface area contributed by atoms with Crippen molar-refractivity contribution in [3.8, 4) is 0 Å². The van der Waals surface area contributed by atoms with Gasteiger partial charge in [-0.15, -0.1) is 0 Å². The first kappa shape index (κ1) is 14.9. The van der Waals surface area contributed by atoms with Crippen molar-refractivity contribution in [3.05, 3.63) is 22.2 Å². The van der Waals surface area contributed by atoms with Crippen LogP contribution in [0.2, 0.25) is 10.0 Å². The number of nitrogen functional groups attached to an aromatic ring is 1. The molecule has 0 unspecified atom stereocenters. The third-order valence-corrected chi connectivity index (χ3v) is 5.47. The quantitative estimate of drug-likeness (QED) is 0.734. The molecule has 0 atom stereocenters. The smallest absolute Gasteiger partial charge is 0.242 e. The van der Waals surface area contributed by atoms with Crippen molar-refractivity contribution in [3.63, 3.8) is 0 Å². The van der Waals surface area contributed by atoms with Crippen molar-refractivity contribution in [2.24, 2.45) is 5.92 Å². The Bertz CT molecular complexity index is 586. The van der Waals surface area contributed by atoms with Crippen LogP contribution in [0, 0.1) is 5.92 Å². The molecule has 0 aliphatic heterocycles. The summed E-state index contributed by atoms with van der Waals surface area (Å²) in [7, 11) is -3.72. The first-order valence-corrected chi connectivity index (χ1v) is 7.96. The van der Waals surface area contributed by atoms with E-state index in [2.05, 4.69) is 4.72 Å². The van der Waals surface area contributed by atoms with E-state index < -0.39 is 10.0 Å². The number of aliphatic hydroxyl groups excluding tert-OH is 1. The molecule has 4 N–H and O–H groups in total. The molecule has 1 aliphatic rings. The van der Waals surface area contributed by atoms with Gasteiger partial charge in [-0.2, -0.15) is 0 Å². The monoisotopic (exact) mass is 324 g/mol. The van der Waals surface area contributed by atoms with Crippen molar-refractivity contribution in [1.29, 1.82) is 0 Å². The van der Waals surface area contributed by atoms with E-state index >= 15 is 0 Å². The molecule has 2 rings (SSSR count). The molecule has 8 heteroatoms. The summed E-state index contributed by atoms with van der Waals surface area (Å²) in [6.07, 6.45) is 0.905. The maximum Gasteiger partial charge on any atom is 0.242 e. The van der Waals surface area contributed by atoms with Crippen LogP contribution < -0.4 is 10.5 Å². The minimum absolute atomic E-state index is 0.0466. The summed E-state index contributed by atoms with van der Waals surface area (Å²) in [5.74, 6) is 0.160. The van der Waals surface area contributed by atoms with E-state index in [4.69, 9.17) is 34.0 Å². The van der Waals surface area contributed by atoms with Gasteiger partial charge in [0.15, 0.2) is 0 Å². The van der Waals surface area contributed by atoms with Gasteiger partial charge in [0.25, 0.3) is 0 Å². The first-order chi connectivity index (χ1) is 8.81. The molecule has 19 heavy (non-hydrogen) atoms. The molecular weight excluding hydrogens is 311 g/mol. The van der Waals surface area contributed by atoms with Gasteiger partial charge >= 0.3 is 0 Å². The molecule has 1 fully saturated rings. The Balaban J connectivity index is 2.13. The second-order valence-electron chi connectivity index (χ2n) is 4.62. The lowest BCUT2D eigenvalue weighted by molar-refractivity contribution is 0.0453. The Labute approximate surface area is 121 Å². The van der Waals surface area contributed by atoms with Crippen LogP contribution in [0.15, 0.2) is 17.0 Å². The van der Waals surface area contributed by atoms with E-state index in [1.54, 1.807) is 0 Å². The third kappa shape index (κ3) is 3.14. The lowest BCUT2D eigenvalue weighted by Gasteiger charge is -2.31. The molecule has 1 aliphatic carbocycles. The van der Waals surface area contributed by atoms with Crippen molar-refractivity contribution in [2.45, 2.75) is 23.8 Å². The normalized spacial score (nSPS) is 23.1. The number of anilines is 1. The standard InChI is InChI=1S/C11H14Cl2N2O3S/c12-8-1-2-9(10(13)11(8)14)19(17,18)15-5-6-3-7(16)4-6/h1-2,6-7,15-16H,3-5,14H2. The molecule has 1 aromatic rings. The summed E-state index contributed by atoms with van der Waals surface area (Å²) in [4.78, 5) is -0.0871. The molecule has 0 saturated heterocycles. The molecule has 0 amide bonds. The van der Waals surface area contributed by atoms with Gasteiger partial charge in [0.2, 0.25) is 10.0 Å². The molecule has 0 radical (unpaired) electrons. The lowest BCUT2D eigenvalue weighted by atomic mass is 9.83. The maximum absolute atomic E-state index is 12.1. The van der Waals surface area contributed by atoms with Crippen LogP contribution in [-0.4, -0.2) is 26.2 Å². The Hall–Kier alpha value is -0.530. The largest absolute Gasteiger partial charge is 0.396 e. The summed E-state index contributed by atoms with van der Waals surface area (Å²) in [6, 6.07) is 2.71. The van der Waals surface area contributed by atoms with Crippen LogP contribution in [0.1, 0.15) is 12.8 Å². The highest BCUT2D eigenvalue weighted by Gasteiger charge is 2.29. The summed E-state index contributed by atoms with van der Waals surface area (Å²) in [6.45, 7) is 0.276. The molecule has 5 nitrogen and oxygen atoms in total. The van der Waals surface area contributed by atoms with E-state index in [0.29, 0.717) is 12.8 Å². The highest BCUT2D eigenvalue weighted by atomic mass is 35.5. The number of hydrogen-bond acceptors (Lipinski definition) is 4. The summed E-state index contributed by atoms with van der Waals surface area (Å²) >= 11 is 11.7. The summed E-state index contributed by atoms with van der Waals surface area (Å²) in [5, 5.41) is 9.28. The van der Waals surface area contributed by atoms with Crippen LogP contribution in [0.4, 0.5) is 5.69 Å². The highest BCUT2D eigenvalue weighted by molar-refractivity contribution is 7.89. The Morgan fingerprint density at radius 2 is 2.00 bits per heavy atom. The van der Waals surface area contributed by atoms with Crippen LogP contribution >= 0.6 is 23.2 Å². The number of aliphatic hydroxyl groups is 1. The fourth-order valence-electron chi connectivity index (χ4n) is 1.93. The number of sulfonamides is 1. The van der Waals surface area contributed by atoms with Gasteiger partial charge in [0.05, 0.1) is 21.8 Å². The molecule has 1 saturated carbocycles. The molecule has 0 bridgehead atoms. The second-order valence-corrected chi connectivity index (χ2v) is 7.14. The number of benzene rings is 1. The maximum atomic E-state index is 12.1. The minimum atomic E-state index is -3.72. The summed E-state index contributed by atoms with van der Waals surface area (Å²) < 4.78 is 26.6. The van der Waals surface area contributed by atoms with E-state index in [-0.39, 0.29) is 39.2 Å². The van der Waals surface area contributed by atoms with Gasteiger partial charge in [-0.05, 0) is 30.9 Å². The average Bonchev–Trinajstić information content (AvgIpc) is 2.30. The predicted octanol–water partition coefficient (Wildman–Crippen LogP) is 1.62. The van der Waals surface area contributed by atoms with E-state index in [1.807, 2.05) is 0 Å². The van der Waals surface area contributed by atoms with Crippen LogP contribution in [0.5, 0.6) is 0 Å². The van der Waals surface area contributed by atoms with Gasteiger partial charge in [0.1, 0.15) is 4.90 Å². The average molecular weight is 325 g/mol. The van der Waals surface area contributed by atoms with Crippen molar-refractivity contribution >= 4 is 38.9 Å².